The molecule has 0 unspecified atom stereocenters. The number of nitrogens with zero attached hydrogens (tertiary/aromatic N) is 1. The van der Waals surface area contributed by atoms with Crippen molar-refractivity contribution in [2.45, 2.75) is 37.3 Å². The number of hydrogen-bond donors (Lipinski definition) is 0. The Bertz CT molecular complexity index is 435. The minimum atomic E-state index is -4.39. The van der Waals surface area contributed by atoms with Crippen molar-refractivity contribution in [3.63, 3.8) is 0 Å². The van der Waals surface area contributed by atoms with Crippen LogP contribution in [0.1, 0.15) is 37.3 Å². The van der Waals surface area contributed by atoms with Crippen LogP contribution < -0.4 is 0 Å². The normalized spacial score (nSPS) is 11.3. The molecular formula is C13H14F3NS. The molecule has 0 spiro atoms. The Morgan fingerprint density at radius 2 is 2.00 bits per heavy atom. The number of unbranched alkanes of at least 4 members (excludes halogenated alkanes) is 2. The van der Waals surface area contributed by atoms with Crippen molar-refractivity contribution in [2.24, 2.45) is 0 Å². The highest BCUT2D eigenvalue weighted by Crippen LogP contribution is 2.33. The maximum atomic E-state index is 12.5. The summed E-state index contributed by atoms with van der Waals surface area (Å²) in [5.41, 5.74) is -0.664. The van der Waals surface area contributed by atoms with Crippen molar-refractivity contribution in [1.82, 2.24) is 0 Å². The predicted molar refractivity (Wildman–Crippen MR) is 66.4 cm³/mol. The zero-order chi connectivity index (χ0) is 13.6. The first-order chi connectivity index (χ1) is 8.49. The van der Waals surface area contributed by atoms with Gasteiger partial charge in [0.2, 0.25) is 0 Å². The van der Waals surface area contributed by atoms with Crippen molar-refractivity contribution in [3.8, 4) is 6.07 Å². The Kier molecular flexibility index (Phi) is 5.54. The Balaban J connectivity index is 2.79. The zero-order valence-electron chi connectivity index (χ0n) is 10.0. The minimum absolute atomic E-state index is 0.103. The maximum absolute atomic E-state index is 12.5. The van der Waals surface area contributed by atoms with E-state index in [1.165, 1.54) is 17.8 Å². The summed E-state index contributed by atoms with van der Waals surface area (Å²) in [5, 5.41) is 8.88. The number of hydrogen-bond acceptors (Lipinski definition) is 2. The first kappa shape index (κ1) is 14.9. The number of alkyl halides is 3. The highest BCUT2D eigenvalue weighted by Gasteiger charge is 2.31. The fourth-order valence-electron chi connectivity index (χ4n) is 1.45. The van der Waals surface area contributed by atoms with E-state index in [1.807, 2.05) is 6.07 Å². The van der Waals surface area contributed by atoms with Crippen molar-refractivity contribution >= 4 is 11.8 Å². The van der Waals surface area contributed by atoms with Crippen LogP contribution in [-0.4, -0.2) is 5.75 Å². The molecule has 1 nitrogen and oxygen atoms in total. The third-order valence-electron chi connectivity index (χ3n) is 2.43. The van der Waals surface area contributed by atoms with E-state index >= 15 is 0 Å². The summed E-state index contributed by atoms with van der Waals surface area (Å²) in [7, 11) is 0. The van der Waals surface area contributed by atoms with Crippen LogP contribution >= 0.6 is 11.8 Å². The van der Waals surface area contributed by atoms with Gasteiger partial charge < -0.3 is 0 Å². The lowest BCUT2D eigenvalue weighted by Gasteiger charge is -2.09. The minimum Gasteiger partial charge on any atom is -0.192 e. The van der Waals surface area contributed by atoms with Gasteiger partial charge in [-0.2, -0.15) is 18.4 Å². The second kappa shape index (κ2) is 6.69. The summed E-state index contributed by atoms with van der Waals surface area (Å²) in [6, 6.07) is 5.16. The molecule has 1 rings (SSSR count). The van der Waals surface area contributed by atoms with E-state index in [4.69, 9.17) is 5.26 Å². The summed E-state index contributed by atoms with van der Waals surface area (Å²) in [4.78, 5) is 0.626. The molecule has 98 valence electrons. The number of halogens is 3. The van der Waals surface area contributed by atoms with Gasteiger partial charge in [-0.1, -0.05) is 19.8 Å². The van der Waals surface area contributed by atoms with Gasteiger partial charge in [0, 0.05) is 4.90 Å². The Morgan fingerprint density at radius 1 is 1.28 bits per heavy atom. The smallest absolute Gasteiger partial charge is 0.192 e. The number of rotatable bonds is 5. The highest BCUT2D eigenvalue weighted by molar-refractivity contribution is 7.99. The van der Waals surface area contributed by atoms with Crippen LogP contribution in [0.25, 0.3) is 0 Å². The fourth-order valence-corrected chi connectivity index (χ4v) is 2.45. The molecule has 0 bridgehead atoms. The molecule has 0 saturated carbocycles. The predicted octanol–water partition coefficient (Wildman–Crippen LogP) is 4.86. The second-order valence-electron chi connectivity index (χ2n) is 3.88. The molecule has 0 aromatic heterocycles. The molecule has 0 heterocycles. The molecule has 1 aromatic carbocycles. The lowest BCUT2D eigenvalue weighted by molar-refractivity contribution is -0.137. The molecule has 0 atom stereocenters. The van der Waals surface area contributed by atoms with E-state index in [9.17, 15) is 13.2 Å². The van der Waals surface area contributed by atoms with Gasteiger partial charge in [-0.25, -0.2) is 0 Å². The van der Waals surface area contributed by atoms with E-state index in [0.717, 1.165) is 37.1 Å². The zero-order valence-corrected chi connectivity index (χ0v) is 10.9. The van der Waals surface area contributed by atoms with Gasteiger partial charge in [0.15, 0.2) is 0 Å². The third-order valence-corrected chi connectivity index (χ3v) is 3.59. The summed E-state index contributed by atoms with van der Waals surface area (Å²) < 4.78 is 37.4. The van der Waals surface area contributed by atoms with Crippen molar-refractivity contribution in [3.05, 3.63) is 29.3 Å². The molecule has 5 heteroatoms. The van der Waals surface area contributed by atoms with Crippen molar-refractivity contribution in [2.75, 3.05) is 5.75 Å². The van der Waals surface area contributed by atoms with Gasteiger partial charge in [-0.05, 0) is 30.4 Å². The monoisotopic (exact) mass is 273 g/mol. The molecule has 0 aliphatic rings. The van der Waals surface area contributed by atoms with Crippen LogP contribution in [-0.2, 0) is 6.18 Å². The molecule has 18 heavy (non-hydrogen) atoms. The average molecular weight is 273 g/mol. The Hall–Kier alpha value is -1.15. The molecule has 0 aliphatic heterocycles. The van der Waals surface area contributed by atoms with E-state index in [-0.39, 0.29) is 5.56 Å². The Labute approximate surface area is 109 Å². The maximum Gasteiger partial charge on any atom is 0.416 e. The molecule has 0 radical (unpaired) electrons. The lowest BCUT2D eigenvalue weighted by Crippen LogP contribution is -2.05. The first-order valence-electron chi connectivity index (χ1n) is 5.73. The summed E-state index contributed by atoms with van der Waals surface area (Å²) >= 11 is 1.44. The lowest BCUT2D eigenvalue weighted by atomic mass is 10.1. The Morgan fingerprint density at radius 3 is 2.56 bits per heavy atom. The second-order valence-corrected chi connectivity index (χ2v) is 5.01. The first-order valence-corrected chi connectivity index (χ1v) is 6.71. The molecule has 0 amide bonds. The van der Waals surface area contributed by atoms with Crippen LogP contribution in [0.5, 0.6) is 0 Å². The van der Waals surface area contributed by atoms with Crippen LogP contribution in [0.3, 0.4) is 0 Å². The fraction of sp³-hybridized carbons (Fsp3) is 0.462. The molecule has 0 fully saturated rings. The number of thioether (sulfide) groups is 1. The van der Waals surface area contributed by atoms with Crippen LogP contribution in [0.4, 0.5) is 13.2 Å². The van der Waals surface area contributed by atoms with Crippen LogP contribution in [0.15, 0.2) is 23.1 Å². The van der Waals surface area contributed by atoms with Gasteiger partial charge in [0.1, 0.15) is 6.07 Å². The van der Waals surface area contributed by atoms with Gasteiger partial charge >= 0.3 is 6.18 Å². The van der Waals surface area contributed by atoms with E-state index < -0.39 is 11.7 Å². The molecule has 0 aliphatic carbocycles. The molecule has 0 N–H and O–H groups in total. The van der Waals surface area contributed by atoms with Gasteiger partial charge in [-0.3, -0.25) is 0 Å². The molecule has 1 aromatic rings. The van der Waals surface area contributed by atoms with Gasteiger partial charge in [0.25, 0.3) is 0 Å². The standard InChI is InChI=1S/C13H14F3NS/c1-2-3-4-7-18-12-6-5-11(13(14,15)16)8-10(12)9-17/h5-6,8H,2-4,7H2,1H3. The van der Waals surface area contributed by atoms with Crippen molar-refractivity contribution < 1.29 is 13.2 Å². The number of nitriles is 1. The SMILES string of the molecule is CCCCCSc1ccc(C(F)(F)F)cc1C#N. The van der Waals surface area contributed by atoms with Crippen molar-refractivity contribution in [1.29, 1.82) is 5.26 Å². The summed E-state index contributed by atoms with van der Waals surface area (Å²) in [6.45, 7) is 2.09. The van der Waals surface area contributed by atoms with Gasteiger partial charge in [0.05, 0.1) is 11.1 Å². The van der Waals surface area contributed by atoms with E-state index in [1.54, 1.807) is 0 Å². The molecule has 0 saturated heterocycles. The quantitative estimate of drug-likeness (QED) is 0.565. The highest BCUT2D eigenvalue weighted by atomic mass is 32.2. The largest absolute Gasteiger partial charge is 0.416 e. The van der Waals surface area contributed by atoms with E-state index in [2.05, 4.69) is 6.92 Å². The van der Waals surface area contributed by atoms with E-state index in [0.29, 0.717) is 4.90 Å². The van der Waals surface area contributed by atoms with Crippen LogP contribution in [0.2, 0.25) is 0 Å². The number of benzene rings is 1. The summed E-state index contributed by atoms with van der Waals surface area (Å²) in [5.74, 6) is 0.827. The summed E-state index contributed by atoms with van der Waals surface area (Å²) in [6.07, 6.45) is -1.20. The molecular weight excluding hydrogens is 259 g/mol. The average Bonchev–Trinajstić information content (AvgIpc) is 2.33. The van der Waals surface area contributed by atoms with Gasteiger partial charge in [-0.15, -0.1) is 11.8 Å². The van der Waals surface area contributed by atoms with Crippen LogP contribution in [0, 0.1) is 11.3 Å². The topological polar surface area (TPSA) is 23.8 Å². The third kappa shape index (κ3) is 4.26.